The van der Waals surface area contributed by atoms with E-state index in [2.05, 4.69) is 20.3 Å². The van der Waals surface area contributed by atoms with E-state index in [4.69, 9.17) is 9.47 Å². The second-order valence-corrected chi connectivity index (χ2v) is 10.9. The molecule has 0 aliphatic rings. The fraction of sp³-hybridized carbons (Fsp3) is 0.261. The molecule has 2 aromatic carbocycles. The average Bonchev–Trinajstić information content (AvgIpc) is 3.20. The van der Waals surface area contributed by atoms with Crippen molar-refractivity contribution in [1.82, 2.24) is 19.5 Å². The maximum Gasteiger partial charge on any atom is 0.192 e. The molecule has 2 heterocycles. The van der Waals surface area contributed by atoms with Crippen molar-refractivity contribution in [1.29, 1.82) is 0 Å². The van der Waals surface area contributed by atoms with Crippen LogP contribution in [0.15, 0.2) is 54.9 Å². The summed E-state index contributed by atoms with van der Waals surface area (Å²) in [7, 11) is 0.605. The lowest BCUT2D eigenvalue weighted by Crippen LogP contribution is -2.17. The third-order valence-corrected chi connectivity index (χ3v) is 6.23. The smallest absolute Gasteiger partial charge is 0.192 e. The van der Waals surface area contributed by atoms with Gasteiger partial charge in [0.2, 0.25) is 0 Å². The fourth-order valence-corrected chi connectivity index (χ4v) is 3.95. The molecular weight excluding hydrogens is 425 g/mol. The Morgan fingerprint density at radius 1 is 0.906 bits per heavy atom. The summed E-state index contributed by atoms with van der Waals surface area (Å²) in [5.74, 6) is 2.17. The van der Waals surface area contributed by atoms with Crippen LogP contribution in [0, 0.1) is 0 Å². The normalized spacial score (nSPS) is 11.5. The molecule has 0 atom stereocenters. The zero-order chi connectivity index (χ0) is 22.7. The molecule has 0 aliphatic carbocycles. The Bertz CT molecular complexity index is 1260. The molecule has 166 valence electrons. The number of nitrogens with one attached hydrogen (secondary N) is 1. The molecule has 0 radical (unpaired) electrons. The van der Waals surface area contributed by atoms with Gasteiger partial charge in [-0.1, -0.05) is 24.3 Å². The number of methoxy groups -OCH3 is 2. The number of imidazole rings is 1. The minimum atomic E-state index is -2.68. The summed E-state index contributed by atoms with van der Waals surface area (Å²) >= 11 is 0. The summed E-state index contributed by atoms with van der Waals surface area (Å²) in [6, 6.07) is 15.6. The van der Waals surface area contributed by atoms with Gasteiger partial charge >= 0.3 is 0 Å². The summed E-state index contributed by atoms with van der Waals surface area (Å²) in [5, 5.41) is 3.34. The van der Waals surface area contributed by atoms with E-state index >= 15 is 0 Å². The first-order valence-electron chi connectivity index (χ1n) is 10.2. The molecule has 0 spiro atoms. The quantitative estimate of drug-likeness (QED) is 0.408. The first kappa shape index (κ1) is 21.8. The van der Waals surface area contributed by atoms with Crippen molar-refractivity contribution in [2.45, 2.75) is 13.1 Å². The van der Waals surface area contributed by atoms with Crippen molar-refractivity contribution in [2.24, 2.45) is 0 Å². The largest absolute Gasteiger partial charge is 0.497 e. The molecule has 0 aliphatic heterocycles. The van der Waals surface area contributed by atoms with E-state index in [-0.39, 0.29) is 0 Å². The van der Waals surface area contributed by atoms with Gasteiger partial charge in [-0.15, -0.1) is 0 Å². The number of hydrogen-bond donors (Lipinski definition) is 1. The molecule has 8 nitrogen and oxygen atoms in total. The highest BCUT2D eigenvalue weighted by atomic mass is 31.2. The van der Waals surface area contributed by atoms with E-state index in [1.54, 1.807) is 33.9 Å². The number of benzene rings is 2. The predicted molar refractivity (Wildman–Crippen MR) is 127 cm³/mol. The first-order chi connectivity index (χ1) is 15.4. The molecule has 0 saturated heterocycles. The highest BCUT2D eigenvalue weighted by Gasteiger charge is 2.21. The number of ether oxygens (including phenoxy) is 2. The zero-order valence-electron chi connectivity index (χ0n) is 18.6. The lowest BCUT2D eigenvalue weighted by atomic mass is 10.2. The maximum absolute atomic E-state index is 12.8. The Morgan fingerprint density at radius 2 is 1.50 bits per heavy atom. The molecule has 0 fully saturated rings. The molecule has 0 bridgehead atoms. The van der Waals surface area contributed by atoms with Crippen molar-refractivity contribution >= 4 is 29.7 Å². The Morgan fingerprint density at radius 3 is 2.06 bits per heavy atom. The molecule has 32 heavy (non-hydrogen) atoms. The highest BCUT2D eigenvalue weighted by molar-refractivity contribution is 7.69. The lowest BCUT2D eigenvalue weighted by molar-refractivity contribution is 0.414. The number of nitrogens with zero attached hydrogens (tertiary/aromatic N) is 4. The van der Waals surface area contributed by atoms with Crippen LogP contribution in [0.2, 0.25) is 0 Å². The van der Waals surface area contributed by atoms with Gasteiger partial charge in [0.15, 0.2) is 17.0 Å². The van der Waals surface area contributed by atoms with E-state index in [0.29, 0.717) is 35.6 Å². The maximum atomic E-state index is 12.8. The topological polar surface area (TPSA) is 91.2 Å². The number of anilines is 1. The molecule has 0 amide bonds. The van der Waals surface area contributed by atoms with Crippen molar-refractivity contribution in [3.05, 3.63) is 66.0 Å². The van der Waals surface area contributed by atoms with Crippen LogP contribution in [0.25, 0.3) is 11.2 Å². The average molecular weight is 451 g/mol. The van der Waals surface area contributed by atoms with Crippen LogP contribution in [-0.2, 0) is 17.7 Å². The molecule has 1 N–H and O–H groups in total. The van der Waals surface area contributed by atoms with Crippen LogP contribution >= 0.6 is 7.14 Å². The van der Waals surface area contributed by atoms with E-state index in [9.17, 15) is 4.57 Å². The van der Waals surface area contributed by atoms with Crippen molar-refractivity contribution in [3.63, 3.8) is 0 Å². The summed E-state index contributed by atoms with van der Waals surface area (Å²) in [6.07, 6.45) is 1.74. The highest BCUT2D eigenvalue weighted by Crippen LogP contribution is 2.34. The van der Waals surface area contributed by atoms with Crippen molar-refractivity contribution < 1.29 is 14.0 Å². The van der Waals surface area contributed by atoms with Gasteiger partial charge in [-0.3, -0.25) is 0 Å². The van der Waals surface area contributed by atoms with Crippen LogP contribution < -0.4 is 20.4 Å². The molecule has 4 aromatic rings. The molecule has 4 rings (SSSR count). The number of hydrogen-bond acceptors (Lipinski definition) is 7. The van der Waals surface area contributed by atoms with Gasteiger partial charge in [0, 0.05) is 6.54 Å². The minimum Gasteiger partial charge on any atom is -0.497 e. The van der Waals surface area contributed by atoms with Crippen LogP contribution in [0.1, 0.15) is 11.1 Å². The third-order valence-electron chi connectivity index (χ3n) is 5.06. The Labute approximate surface area is 187 Å². The van der Waals surface area contributed by atoms with E-state index in [1.807, 2.05) is 53.1 Å². The van der Waals surface area contributed by atoms with Gasteiger partial charge < -0.3 is 23.9 Å². The molecule has 9 heteroatoms. The predicted octanol–water partition coefficient (Wildman–Crippen LogP) is 3.75. The van der Waals surface area contributed by atoms with Crippen LogP contribution in [0.5, 0.6) is 11.5 Å². The van der Waals surface area contributed by atoms with Gasteiger partial charge in [0.25, 0.3) is 0 Å². The van der Waals surface area contributed by atoms with Crippen molar-refractivity contribution in [2.75, 3.05) is 32.9 Å². The summed E-state index contributed by atoms with van der Waals surface area (Å²) in [6.45, 7) is 4.46. The monoisotopic (exact) mass is 451 g/mol. The third kappa shape index (κ3) is 4.75. The van der Waals surface area contributed by atoms with E-state index < -0.39 is 7.14 Å². The number of rotatable bonds is 8. The zero-order valence-corrected chi connectivity index (χ0v) is 19.5. The van der Waals surface area contributed by atoms with Gasteiger partial charge in [-0.2, -0.15) is 0 Å². The Hall–Kier alpha value is -3.38. The van der Waals surface area contributed by atoms with Gasteiger partial charge in [0.1, 0.15) is 24.2 Å². The Balaban J connectivity index is 1.67. The number of aromatic nitrogens is 4. The Kier molecular flexibility index (Phi) is 6.15. The first-order valence-corrected chi connectivity index (χ1v) is 12.8. The van der Waals surface area contributed by atoms with Crippen LogP contribution in [0.3, 0.4) is 0 Å². The minimum absolute atomic E-state index is 0.332. The van der Waals surface area contributed by atoms with E-state index in [0.717, 1.165) is 22.6 Å². The van der Waals surface area contributed by atoms with Gasteiger partial charge in [0.05, 0.1) is 27.1 Å². The van der Waals surface area contributed by atoms with Gasteiger partial charge in [-0.05, 0) is 48.7 Å². The van der Waals surface area contributed by atoms with Gasteiger partial charge in [-0.25, -0.2) is 15.0 Å². The second kappa shape index (κ2) is 9.01. The molecule has 0 saturated carbocycles. The molecule has 2 aromatic heterocycles. The molecule has 0 unspecified atom stereocenters. The van der Waals surface area contributed by atoms with Crippen molar-refractivity contribution in [3.8, 4) is 11.5 Å². The molecular formula is C23H26N5O3P. The standard InChI is InChI=1S/C23H26N5O3P/c1-30-18-9-5-16(6-10-18)13-24-21-20-22(27-23(26-21)32(3,4)29)28(15-25-20)14-17-7-11-19(31-2)12-8-17/h5-12,15H,13-14H2,1-4H3,(H,24,26,27). The fourth-order valence-electron chi connectivity index (χ4n) is 3.27. The van der Waals surface area contributed by atoms with Crippen LogP contribution in [-0.4, -0.2) is 47.1 Å². The van der Waals surface area contributed by atoms with Crippen LogP contribution in [0.4, 0.5) is 5.82 Å². The summed E-state index contributed by atoms with van der Waals surface area (Å²) in [5.41, 5.74) is 3.76. The summed E-state index contributed by atoms with van der Waals surface area (Å²) in [4.78, 5) is 13.7. The lowest BCUT2D eigenvalue weighted by Gasteiger charge is -2.12. The number of fused-ring (bicyclic) bond motifs is 1. The SMILES string of the molecule is COc1ccc(CNc2nc(P(C)(C)=O)nc3c2ncn3Cc2ccc(OC)cc2)cc1. The second-order valence-electron chi connectivity index (χ2n) is 7.82. The van der Waals surface area contributed by atoms with E-state index in [1.165, 1.54) is 0 Å². The summed E-state index contributed by atoms with van der Waals surface area (Å²) < 4.78 is 25.2.